The smallest absolute Gasteiger partial charge is 0.163 e. The highest BCUT2D eigenvalue weighted by atomic mass is 19.2. The molecule has 2 N–H and O–H groups in total. The van der Waals surface area contributed by atoms with Crippen molar-refractivity contribution in [2.45, 2.75) is 12.5 Å². The van der Waals surface area contributed by atoms with Gasteiger partial charge in [-0.25, -0.2) is 13.2 Å². The summed E-state index contributed by atoms with van der Waals surface area (Å²) in [5.74, 6) is -3.41. The molecule has 0 saturated heterocycles. The lowest BCUT2D eigenvalue weighted by molar-refractivity contribution is 0.475. The fourth-order valence-electron chi connectivity index (χ4n) is 1.05. The predicted octanol–water partition coefficient (Wildman–Crippen LogP) is 2.02. The molecule has 0 amide bonds. The van der Waals surface area contributed by atoms with Crippen LogP contribution in [0.5, 0.6) is 0 Å². The van der Waals surface area contributed by atoms with Crippen LogP contribution in [0.4, 0.5) is 13.2 Å². The highest BCUT2D eigenvalue weighted by molar-refractivity contribution is 5.24. The second-order valence-corrected chi connectivity index (χ2v) is 2.76. The Kier molecular flexibility index (Phi) is 3.10. The van der Waals surface area contributed by atoms with Gasteiger partial charge >= 0.3 is 0 Å². The molecule has 0 unspecified atom stereocenters. The van der Waals surface area contributed by atoms with Gasteiger partial charge in [-0.05, 0) is 6.07 Å². The van der Waals surface area contributed by atoms with E-state index in [2.05, 4.69) is 0 Å². The molecule has 0 saturated carbocycles. The summed E-state index contributed by atoms with van der Waals surface area (Å²) in [7, 11) is 0. The second-order valence-electron chi connectivity index (χ2n) is 2.76. The third-order valence-electron chi connectivity index (χ3n) is 1.73. The molecule has 0 aliphatic rings. The fraction of sp³-hybridized carbons (Fsp3) is 0.222. The summed E-state index contributed by atoms with van der Waals surface area (Å²) >= 11 is 0. The van der Waals surface area contributed by atoms with E-state index in [4.69, 9.17) is 11.0 Å². The molecule has 0 fully saturated rings. The first-order valence-corrected chi connectivity index (χ1v) is 3.83. The first-order chi connectivity index (χ1) is 6.56. The summed E-state index contributed by atoms with van der Waals surface area (Å²) in [6, 6.07) is 1.91. The number of benzene rings is 1. The number of nitriles is 1. The third-order valence-corrected chi connectivity index (χ3v) is 1.73. The molecule has 0 aromatic heterocycles. The summed E-state index contributed by atoms with van der Waals surface area (Å²) in [6.45, 7) is 0. The van der Waals surface area contributed by atoms with E-state index in [1.54, 1.807) is 6.07 Å². The minimum atomic E-state index is -1.30. The Balaban J connectivity index is 3.14. The molecule has 74 valence electrons. The zero-order chi connectivity index (χ0) is 10.7. The standard InChI is InChI=1S/C9H7F3N2/c10-5-3-6(8(14)1-2-13)9(12)7(11)4-5/h3-4,8H,1,14H2/t8-/m1/s1. The van der Waals surface area contributed by atoms with E-state index in [1.165, 1.54) is 0 Å². The van der Waals surface area contributed by atoms with Crippen LogP contribution in [0.25, 0.3) is 0 Å². The van der Waals surface area contributed by atoms with Gasteiger partial charge in [0.25, 0.3) is 0 Å². The molecular formula is C9H7F3N2. The lowest BCUT2D eigenvalue weighted by Gasteiger charge is -2.09. The number of rotatable bonds is 2. The Hall–Kier alpha value is -1.54. The van der Waals surface area contributed by atoms with Crippen molar-refractivity contribution in [1.82, 2.24) is 0 Å². The van der Waals surface area contributed by atoms with Gasteiger partial charge in [0.1, 0.15) is 5.82 Å². The van der Waals surface area contributed by atoms with Gasteiger partial charge in [0.15, 0.2) is 11.6 Å². The van der Waals surface area contributed by atoms with Crippen molar-refractivity contribution in [3.8, 4) is 6.07 Å². The molecule has 14 heavy (non-hydrogen) atoms. The van der Waals surface area contributed by atoms with Crippen molar-refractivity contribution in [2.24, 2.45) is 5.73 Å². The second kappa shape index (κ2) is 4.11. The number of hydrogen-bond donors (Lipinski definition) is 1. The zero-order valence-electron chi connectivity index (χ0n) is 7.10. The van der Waals surface area contributed by atoms with Gasteiger partial charge in [-0.15, -0.1) is 0 Å². The van der Waals surface area contributed by atoms with Gasteiger partial charge < -0.3 is 5.73 Å². The molecule has 1 rings (SSSR count). The van der Waals surface area contributed by atoms with Crippen LogP contribution >= 0.6 is 0 Å². The summed E-state index contributed by atoms with van der Waals surface area (Å²) in [6.07, 6.45) is -0.195. The monoisotopic (exact) mass is 200 g/mol. The lowest BCUT2D eigenvalue weighted by atomic mass is 10.0. The quantitative estimate of drug-likeness (QED) is 0.742. The molecule has 0 aliphatic carbocycles. The number of nitrogens with two attached hydrogens (primary N) is 1. The Morgan fingerprint density at radius 2 is 2.00 bits per heavy atom. The van der Waals surface area contributed by atoms with Crippen molar-refractivity contribution in [3.05, 3.63) is 35.1 Å². The lowest BCUT2D eigenvalue weighted by Crippen LogP contribution is -2.12. The summed E-state index contributed by atoms with van der Waals surface area (Å²) < 4.78 is 38.4. The Labute approximate surface area is 78.8 Å². The maximum atomic E-state index is 13.0. The maximum absolute atomic E-state index is 13.0. The number of halogens is 3. The Morgan fingerprint density at radius 3 is 2.57 bits per heavy atom. The minimum absolute atomic E-state index is 0.195. The molecule has 1 aromatic carbocycles. The van der Waals surface area contributed by atoms with Gasteiger partial charge in [0, 0.05) is 17.7 Å². The SMILES string of the molecule is N#CC[C@@H](N)c1cc(F)cc(F)c1F. The van der Waals surface area contributed by atoms with E-state index in [0.29, 0.717) is 6.07 Å². The Bertz CT molecular complexity index is 384. The summed E-state index contributed by atoms with van der Waals surface area (Å²) in [5.41, 5.74) is 5.03. The fourth-order valence-corrected chi connectivity index (χ4v) is 1.05. The molecule has 0 heterocycles. The van der Waals surface area contributed by atoms with Crippen molar-refractivity contribution in [2.75, 3.05) is 0 Å². The van der Waals surface area contributed by atoms with Crippen LogP contribution in [0.3, 0.4) is 0 Å². The summed E-state index contributed by atoms with van der Waals surface area (Å²) in [5, 5.41) is 8.29. The van der Waals surface area contributed by atoms with Gasteiger partial charge in [0.05, 0.1) is 12.5 Å². The minimum Gasteiger partial charge on any atom is -0.323 e. The van der Waals surface area contributed by atoms with Crippen LogP contribution in [0.1, 0.15) is 18.0 Å². The average molecular weight is 200 g/mol. The van der Waals surface area contributed by atoms with Gasteiger partial charge in [-0.3, -0.25) is 0 Å². The highest BCUT2D eigenvalue weighted by Crippen LogP contribution is 2.21. The van der Waals surface area contributed by atoms with Crippen LogP contribution < -0.4 is 5.73 Å². The molecular weight excluding hydrogens is 193 g/mol. The van der Waals surface area contributed by atoms with Crippen molar-refractivity contribution in [3.63, 3.8) is 0 Å². The zero-order valence-corrected chi connectivity index (χ0v) is 7.10. The van der Waals surface area contributed by atoms with Gasteiger partial charge in [-0.1, -0.05) is 0 Å². The molecule has 1 aromatic rings. The first-order valence-electron chi connectivity index (χ1n) is 3.83. The Morgan fingerprint density at radius 1 is 1.36 bits per heavy atom. The van der Waals surface area contributed by atoms with Crippen LogP contribution in [0.2, 0.25) is 0 Å². The first kappa shape index (κ1) is 10.5. The topological polar surface area (TPSA) is 49.8 Å². The van der Waals surface area contributed by atoms with Crippen molar-refractivity contribution < 1.29 is 13.2 Å². The van der Waals surface area contributed by atoms with E-state index in [0.717, 1.165) is 6.07 Å². The van der Waals surface area contributed by atoms with E-state index in [-0.39, 0.29) is 12.0 Å². The van der Waals surface area contributed by atoms with E-state index in [1.807, 2.05) is 0 Å². The molecule has 0 radical (unpaired) electrons. The molecule has 0 bridgehead atoms. The molecule has 2 nitrogen and oxygen atoms in total. The summed E-state index contributed by atoms with van der Waals surface area (Å²) in [4.78, 5) is 0. The van der Waals surface area contributed by atoms with Crippen molar-refractivity contribution >= 4 is 0 Å². The molecule has 0 aliphatic heterocycles. The van der Waals surface area contributed by atoms with Crippen LogP contribution in [-0.2, 0) is 0 Å². The number of hydrogen-bond acceptors (Lipinski definition) is 2. The van der Waals surface area contributed by atoms with Crippen LogP contribution in [-0.4, -0.2) is 0 Å². The van der Waals surface area contributed by atoms with Crippen LogP contribution in [0.15, 0.2) is 12.1 Å². The highest BCUT2D eigenvalue weighted by Gasteiger charge is 2.16. The number of nitrogens with zero attached hydrogens (tertiary/aromatic N) is 1. The van der Waals surface area contributed by atoms with E-state index in [9.17, 15) is 13.2 Å². The molecule has 0 spiro atoms. The van der Waals surface area contributed by atoms with E-state index < -0.39 is 23.5 Å². The molecule has 1 atom stereocenters. The van der Waals surface area contributed by atoms with Crippen LogP contribution in [0, 0.1) is 28.8 Å². The van der Waals surface area contributed by atoms with E-state index >= 15 is 0 Å². The average Bonchev–Trinajstić information content (AvgIpc) is 2.11. The largest absolute Gasteiger partial charge is 0.323 e. The molecule has 5 heteroatoms. The predicted molar refractivity (Wildman–Crippen MR) is 43.5 cm³/mol. The maximum Gasteiger partial charge on any atom is 0.163 e. The van der Waals surface area contributed by atoms with Crippen molar-refractivity contribution in [1.29, 1.82) is 5.26 Å². The van der Waals surface area contributed by atoms with Gasteiger partial charge in [0.2, 0.25) is 0 Å². The normalized spacial score (nSPS) is 12.2. The third kappa shape index (κ3) is 2.03. The van der Waals surface area contributed by atoms with Gasteiger partial charge in [-0.2, -0.15) is 5.26 Å².